The Hall–Kier alpha value is -1.82. The van der Waals surface area contributed by atoms with Crippen molar-refractivity contribution >= 4 is 21.9 Å². The van der Waals surface area contributed by atoms with E-state index in [1.165, 1.54) is 0 Å². The Labute approximate surface area is 125 Å². The number of nitrogens with zero attached hydrogens (tertiary/aromatic N) is 2. The molecular formula is C14H15BrN2O3. The lowest BCUT2D eigenvalue weighted by Crippen LogP contribution is -2.05. The van der Waals surface area contributed by atoms with Crippen molar-refractivity contribution in [1.82, 2.24) is 9.78 Å². The third-order valence-corrected chi connectivity index (χ3v) is 3.46. The summed E-state index contributed by atoms with van der Waals surface area (Å²) >= 11 is 3.37. The van der Waals surface area contributed by atoms with E-state index in [0.29, 0.717) is 11.8 Å². The van der Waals surface area contributed by atoms with Crippen molar-refractivity contribution in [2.24, 2.45) is 0 Å². The molecule has 0 unspecified atom stereocenters. The van der Waals surface area contributed by atoms with E-state index in [9.17, 15) is 4.79 Å². The van der Waals surface area contributed by atoms with Crippen LogP contribution in [0.5, 0.6) is 5.75 Å². The van der Waals surface area contributed by atoms with Gasteiger partial charge in [-0.25, -0.2) is 4.68 Å². The van der Waals surface area contributed by atoms with Gasteiger partial charge in [-0.1, -0.05) is 15.9 Å². The van der Waals surface area contributed by atoms with Crippen molar-refractivity contribution in [2.45, 2.75) is 18.2 Å². The number of aryl methyl sites for hydroxylation is 1. The molecule has 0 radical (unpaired) electrons. The standard InChI is InChI=1S/C14H15BrN2O3/c1-20-13-5-2-11(3-6-13)17-12(4-7-14(18)19)8-10(9-15)16-17/h2-3,5-6,8H,4,7,9H2,1H3,(H,18,19). The Bertz CT molecular complexity index is 593. The van der Waals surface area contributed by atoms with Crippen LogP contribution in [-0.4, -0.2) is 28.0 Å². The summed E-state index contributed by atoms with van der Waals surface area (Å²) < 4.78 is 6.90. The number of hydrogen-bond acceptors (Lipinski definition) is 3. The molecule has 2 rings (SSSR count). The van der Waals surface area contributed by atoms with E-state index < -0.39 is 5.97 Å². The SMILES string of the molecule is COc1ccc(-n2nc(CBr)cc2CCC(=O)O)cc1. The molecule has 0 aliphatic rings. The fraction of sp³-hybridized carbons (Fsp3) is 0.286. The van der Waals surface area contributed by atoms with Gasteiger partial charge in [-0.15, -0.1) is 0 Å². The molecule has 1 aromatic heterocycles. The summed E-state index contributed by atoms with van der Waals surface area (Å²) in [5.74, 6) is -0.0402. The lowest BCUT2D eigenvalue weighted by Gasteiger charge is -2.07. The number of hydrogen-bond donors (Lipinski definition) is 1. The number of rotatable bonds is 6. The minimum atomic E-state index is -0.812. The van der Waals surface area contributed by atoms with Crippen molar-refractivity contribution in [3.63, 3.8) is 0 Å². The first-order valence-corrected chi connectivity index (χ1v) is 7.26. The van der Waals surface area contributed by atoms with E-state index in [-0.39, 0.29) is 6.42 Å². The summed E-state index contributed by atoms with van der Waals surface area (Å²) in [5, 5.41) is 13.9. The van der Waals surface area contributed by atoms with Crippen molar-refractivity contribution in [3.05, 3.63) is 41.7 Å². The summed E-state index contributed by atoms with van der Waals surface area (Å²) in [4.78, 5) is 10.7. The molecule has 0 bridgehead atoms. The van der Waals surface area contributed by atoms with Crippen molar-refractivity contribution in [1.29, 1.82) is 0 Å². The summed E-state index contributed by atoms with van der Waals surface area (Å²) in [5.41, 5.74) is 2.65. The fourth-order valence-electron chi connectivity index (χ4n) is 1.90. The largest absolute Gasteiger partial charge is 0.497 e. The molecule has 1 N–H and O–H groups in total. The predicted molar refractivity (Wildman–Crippen MR) is 78.7 cm³/mol. The zero-order valence-corrected chi connectivity index (χ0v) is 12.6. The number of carboxylic acid groups (broad SMARTS) is 1. The number of aromatic nitrogens is 2. The Balaban J connectivity index is 2.32. The number of alkyl halides is 1. The maximum Gasteiger partial charge on any atom is 0.303 e. The molecule has 106 valence electrons. The molecule has 0 aliphatic heterocycles. The van der Waals surface area contributed by atoms with Gasteiger partial charge in [0.1, 0.15) is 5.75 Å². The first kappa shape index (κ1) is 14.6. The van der Waals surface area contributed by atoms with Crippen molar-refractivity contribution < 1.29 is 14.6 Å². The Morgan fingerprint density at radius 1 is 1.40 bits per heavy atom. The minimum Gasteiger partial charge on any atom is -0.497 e. The zero-order valence-electron chi connectivity index (χ0n) is 11.0. The maximum atomic E-state index is 10.7. The Morgan fingerprint density at radius 2 is 2.10 bits per heavy atom. The Morgan fingerprint density at radius 3 is 2.65 bits per heavy atom. The van der Waals surface area contributed by atoms with Gasteiger partial charge in [0.15, 0.2) is 0 Å². The van der Waals surface area contributed by atoms with E-state index in [1.807, 2.05) is 30.3 Å². The highest BCUT2D eigenvalue weighted by Gasteiger charge is 2.11. The van der Waals surface area contributed by atoms with Crippen LogP contribution in [0.25, 0.3) is 5.69 Å². The van der Waals surface area contributed by atoms with E-state index in [1.54, 1.807) is 11.8 Å². The van der Waals surface area contributed by atoms with Gasteiger partial charge in [0.25, 0.3) is 0 Å². The summed E-state index contributed by atoms with van der Waals surface area (Å²) in [6, 6.07) is 9.42. The van der Waals surface area contributed by atoms with Crippen LogP contribution < -0.4 is 4.74 Å². The second kappa shape index (κ2) is 6.56. The van der Waals surface area contributed by atoms with Gasteiger partial charge >= 0.3 is 5.97 Å². The van der Waals surface area contributed by atoms with E-state index >= 15 is 0 Å². The number of aliphatic carboxylic acids is 1. The summed E-state index contributed by atoms with van der Waals surface area (Å²) in [7, 11) is 1.62. The van der Waals surface area contributed by atoms with E-state index in [4.69, 9.17) is 9.84 Å². The van der Waals surface area contributed by atoms with Gasteiger partial charge < -0.3 is 9.84 Å². The number of benzene rings is 1. The molecule has 0 spiro atoms. The number of carboxylic acids is 1. The molecule has 0 amide bonds. The van der Waals surface area contributed by atoms with E-state index in [0.717, 1.165) is 22.8 Å². The number of methoxy groups -OCH3 is 1. The predicted octanol–water partition coefficient (Wildman–Crippen LogP) is 2.79. The van der Waals surface area contributed by atoms with Crippen LogP contribution in [0, 0.1) is 0 Å². The molecule has 0 saturated heterocycles. The first-order chi connectivity index (χ1) is 9.63. The maximum absolute atomic E-state index is 10.7. The smallest absolute Gasteiger partial charge is 0.303 e. The number of ether oxygens (including phenoxy) is 1. The molecule has 1 aromatic carbocycles. The molecule has 0 aliphatic carbocycles. The second-order valence-corrected chi connectivity index (χ2v) is 4.82. The van der Waals surface area contributed by atoms with Crippen LogP contribution in [0.4, 0.5) is 0 Å². The molecule has 0 atom stereocenters. The topological polar surface area (TPSA) is 64.4 Å². The highest BCUT2D eigenvalue weighted by molar-refractivity contribution is 9.08. The highest BCUT2D eigenvalue weighted by Crippen LogP contribution is 2.19. The fourth-order valence-corrected chi connectivity index (χ4v) is 2.17. The van der Waals surface area contributed by atoms with Gasteiger partial charge in [0.05, 0.1) is 24.9 Å². The second-order valence-electron chi connectivity index (χ2n) is 4.26. The highest BCUT2D eigenvalue weighted by atomic mass is 79.9. The van der Waals surface area contributed by atoms with Crippen LogP contribution in [0.1, 0.15) is 17.8 Å². The average molecular weight is 339 g/mol. The van der Waals surface area contributed by atoms with Gasteiger partial charge in [-0.2, -0.15) is 5.10 Å². The summed E-state index contributed by atoms with van der Waals surface area (Å²) in [6.07, 6.45) is 0.533. The van der Waals surface area contributed by atoms with Crippen LogP contribution in [-0.2, 0) is 16.5 Å². The quantitative estimate of drug-likeness (QED) is 0.822. The normalized spacial score (nSPS) is 10.5. The van der Waals surface area contributed by atoms with Crippen LogP contribution in [0.2, 0.25) is 0 Å². The third kappa shape index (κ3) is 3.39. The van der Waals surface area contributed by atoms with Gasteiger partial charge in [0.2, 0.25) is 0 Å². The molecule has 0 fully saturated rings. The number of carbonyl (C=O) groups is 1. The van der Waals surface area contributed by atoms with Crippen molar-refractivity contribution in [3.8, 4) is 11.4 Å². The van der Waals surface area contributed by atoms with Crippen LogP contribution in [0.3, 0.4) is 0 Å². The molecule has 0 saturated carbocycles. The van der Waals surface area contributed by atoms with Gasteiger partial charge in [0, 0.05) is 17.4 Å². The number of halogens is 1. The molecule has 5 nitrogen and oxygen atoms in total. The first-order valence-electron chi connectivity index (χ1n) is 6.14. The molecular weight excluding hydrogens is 324 g/mol. The van der Waals surface area contributed by atoms with E-state index in [2.05, 4.69) is 21.0 Å². The van der Waals surface area contributed by atoms with Crippen LogP contribution >= 0.6 is 15.9 Å². The lowest BCUT2D eigenvalue weighted by atomic mass is 10.2. The zero-order chi connectivity index (χ0) is 14.5. The van der Waals surface area contributed by atoms with Crippen molar-refractivity contribution in [2.75, 3.05) is 7.11 Å². The van der Waals surface area contributed by atoms with Crippen LogP contribution in [0.15, 0.2) is 30.3 Å². The third-order valence-electron chi connectivity index (χ3n) is 2.88. The van der Waals surface area contributed by atoms with Gasteiger partial charge in [-0.3, -0.25) is 4.79 Å². The summed E-state index contributed by atoms with van der Waals surface area (Å²) in [6.45, 7) is 0. The average Bonchev–Trinajstić information content (AvgIpc) is 2.88. The molecule has 2 aromatic rings. The van der Waals surface area contributed by atoms with Gasteiger partial charge in [-0.05, 0) is 30.3 Å². The Kier molecular flexibility index (Phi) is 4.79. The molecule has 20 heavy (non-hydrogen) atoms. The molecule has 1 heterocycles. The minimum absolute atomic E-state index is 0.0869. The lowest BCUT2D eigenvalue weighted by molar-refractivity contribution is -0.136. The molecule has 6 heteroatoms. The monoisotopic (exact) mass is 338 g/mol.